The van der Waals surface area contributed by atoms with Crippen LogP contribution in [0.5, 0.6) is 0 Å². The molecule has 0 spiro atoms. The standard InChI is InChI=1S/C14H17FN2O3/c15-9-5-7-10(8-6-9)16-13(19)14(20)17-11-3-1-2-4-12(11)18/h5-8,11-12,18H,1-4H2,(H,16,19)(H,17,20). The van der Waals surface area contributed by atoms with Gasteiger partial charge < -0.3 is 15.7 Å². The third-order valence-corrected chi connectivity index (χ3v) is 3.35. The van der Waals surface area contributed by atoms with Crippen LogP contribution in [-0.4, -0.2) is 29.1 Å². The summed E-state index contributed by atoms with van der Waals surface area (Å²) >= 11 is 0. The van der Waals surface area contributed by atoms with Crippen LogP contribution in [0, 0.1) is 5.82 Å². The van der Waals surface area contributed by atoms with Crippen molar-refractivity contribution in [2.75, 3.05) is 5.32 Å². The third-order valence-electron chi connectivity index (χ3n) is 3.35. The lowest BCUT2D eigenvalue weighted by atomic mass is 9.92. The van der Waals surface area contributed by atoms with Crippen molar-refractivity contribution in [3.05, 3.63) is 30.1 Å². The van der Waals surface area contributed by atoms with Gasteiger partial charge in [0, 0.05) is 5.69 Å². The molecule has 0 saturated heterocycles. The minimum atomic E-state index is -0.825. The van der Waals surface area contributed by atoms with Gasteiger partial charge in [-0.15, -0.1) is 0 Å². The lowest BCUT2D eigenvalue weighted by Crippen LogP contribution is -2.48. The Bertz CT molecular complexity index is 490. The third kappa shape index (κ3) is 3.77. The van der Waals surface area contributed by atoms with Gasteiger partial charge in [-0.05, 0) is 37.1 Å². The summed E-state index contributed by atoms with van der Waals surface area (Å²) in [5, 5.41) is 14.6. The monoisotopic (exact) mass is 280 g/mol. The van der Waals surface area contributed by atoms with E-state index in [4.69, 9.17) is 0 Å². The lowest BCUT2D eigenvalue weighted by molar-refractivity contribution is -0.137. The van der Waals surface area contributed by atoms with E-state index in [1.807, 2.05) is 0 Å². The summed E-state index contributed by atoms with van der Waals surface area (Å²) in [5.74, 6) is -2.03. The maximum Gasteiger partial charge on any atom is 0.313 e. The number of benzene rings is 1. The van der Waals surface area contributed by atoms with Gasteiger partial charge in [0.25, 0.3) is 0 Å². The van der Waals surface area contributed by atoms with Crippen molar-refractivity contribution in [2.24, 2.45) is 0 Å². The molecule has 0 aliphatic heterocycles. The Morgan fingerprint density at radius 1 is 1.10 bits per heavy atom. The Balaban J connectivity index is 1.88. The molecular formula is C14H17FN2O3. The number of rotatable bonds is 2. The average molecular weight is 280 g/mol. The zero-order valence-corrected chi connectivity index (χ0v) is 10.9. The molecule has 0 heterocycles. The fourth-order valence-corrected chi connectivity index (χ4v) is 2.23. The Morgan fingerprint density at radius 2 is 1.75 bits per heavy atom. The van der Waals surface area contributed by atoms with Crippen molar-refractivity contribution >= 4 is 17.5 Å². The molecule has 20 heavy (non-hydrogen) atoms. The van der Waals surface area contributed by atoms with Gasteiger partial charge in [-0.3, -0.25) is 9.59 Å². The van der Waals surface area contributed by atoms with Gasteiger partial charge in [-0.2, -0.15) is 0 Å². The van der Waals surface area contributed by atoms with E-state index in [2.05, 4.69) is 10.6 Å². The summed E-state index contributed by atoms with van der Waals surface area (Å²) in [6.45, 7) is 0. The van der Waals surface area contributed by atoms with E-state index in [0.29, 0.717) is 18.5 Å². The summed E-state index contributed by atoms with van der Waals surface area (Å²) in [7, 11) is 0. The van der Waals surface area contributed by atoms with Crippen molar-refractivity contribution in [3.63, 3.8) is 0 Å². The molecule has 3 N–H and O–H groups in total. The molecule has 1 saturated carbocycles. The zero-order chi connectivity index (χ0) is 14.5. The first-order valence-corrected chi connectivity index (χ1v) is 6.62. The van der Waals surface area contributed by atoms with Crippen LogP contribution in [0.15, 0.2) is 24.3 Å². The quantitative estimate of drug-likeness (QED) is 0.712. The minimum absolute atomic E-state index is 0.343. The van der Waals surface area contributed by atoms with Gasteiger partial charge in [0.1, 0.15) is 5.82 Å². The Morgan fingerprint density at radius 3 is 2.40 bits per heavy atom. The number of carbonyl (C=O) groups is 2. The first-order valence-electron chi connectivity index (χ1n) is 6.62. The summed E-state index contributed by atoms with van der Waals surface area (Å²) in [4.78, 5) is 23.4. The summed E-state index contributed by atoms with van der Waals surface area (Å²) < 4.78 is 12.7. The molecule has 0 bridgehead atoms. The summed E-state index contributed by atoms with van der Waals surface area (Å²) in [6.07, 6.45) is 2.53. The molecular weight excluding hydrogens is 263 g/mol. The van der Waals surface area contributed by atoms with Crippen LogP contribution in [0.2, 0.25) is 0 Å². The number of hydrogen-bond acceptors (Lipinski definition) is 3. The van der Waals surface area contributed by atoms with Crippen LogP contribution in [0.4, 0.5) is 10.1 Å². The highest BCUT2D eigenvalue weighted by atomic mass is 19.1. The number of aliphatic hydroxyl groups is 1. The van der Waals surface area contributed by atoms with Crippen LogP contribution >= 0.6 is 0 Å². The number of halogens is 1. The minimum Gasteiger partial charge on any atom is -0.391 e. The molecule has 1 aromatic carbocycles. The maximum atomic E-state index is 12.7. The van der Waals surface area contributed by atoms with E-state index in [-0.39, 0.29) is 6.04 Å². The van der Waals surface area contributed by atoms with Crippen LogP contribution in [0.25, 0.3) is 0 Å². The average Bonchev–Trinajstić information content (AvgIpc) is 2.44. The van der Waals surface area contributed by atoms with E-state index < -0.39 is 23.7 Å². The highest BCUT2D eigenvalue weighted by Gasteiger charge is 2.26. The van der Waals surface area contributed by atoms with E-state index >= 15 is 0 Å². The van der Waals surface area contributed by atoms with Crippen molar-refractivity contribution in [1.29, 1.82) is 0 Å². The molecule has 0 aromatic heterocycles. The molecule has 1 aromatic rings. The van der Waals surface area contributed by atoms with Gasteiger partial charge in [0.2, 0.25) is 0 Å². The van der Waals surface area contributed by atoms with Crippen molar-refractivity contribution in [3.8, 4) is 0 Å². The van der Waals surface area contributed by atoms with Crippen LogP contribution < -0.4 is 10.6 Å². The molecule has 2 unspecified atom stereocenters. The first-order chi connectivity index (χ1) is 9.56. The van der Waals surface area contributed by atoms with E-state index in [9.17, 15) is 19.1 Å². The van der Waals surface area contributed by atoms with Gasteiger partial charge in [-0.25, -0.2) is 4.39 Å². The van der Waals surface area contributed by atoms with Gasteiger partial charge in [0.05, 0.1) is 12.1 Å². The fourth-order valence-electron chi connectivity index (χ4n) is 2.23. The number of nitrogens with one attached hydrogen (secondary N) is 2. The topological polar surface area (TPSA) is 78.4 Å². The van der Waals surface area contributed by atoms with Crippen molar-refractivity contribution < 1.29 is 19.1 Å². The van der Waals surface area contributed by atoms with Crippen LogP contribution in [0.1, 0.15) is 25.7 Å². The Kier molecular flexibility index (Phi) is 4.68. The van der Waals surface area contributed by atoms with Crippen molar-refractivity contribution in [2.45, 2.75) is 37.8 Å². The first kappa shape index (κ1) is 14.5. The zero-order valence-electron chi connectivity index (χ0n) is 10.9. The highest BCUT2D eigenvalue weighted by Crippen LogP contribution is 2.18. The molecule has 2 atom stereocenters. The van der Waals surface area contributed by atoms with Crippen LogP contribution in [-0.2, 0) is 9.59 Å². The fraction of sp³-hybridized carbons (Fsp3) is 0.429. The number of amides is 2. The normalized spacial score (nSPS) is 22.1. The lowest BCUT2D eigenvalue weighted by Gasteiger charge is -2.27. The number of carbonyl (C=O) groups excluding carboxylic acids is 2. The smallest absolute Gasteiger partial charge is 0.313 e. The van der Waals surface area contributed by atoms with Crippen molar-refractivity contribution in [1.82, 2.24) is 5.32 Å². The molecule has 1 aliphatic rings. The summed E-state index contributed by atoms with van der Waals surface area (Å²) in [6, 6.07) is 4.75. The predicted octanol–water partition coefficient (Wildman–Crippen LogP) is 1.18. The second-order valence-corrected chi connectivity index (χ2v) is 4.89. The number of anilines is 1. The second kappa shape index (κ2) is 6.47. The van der Waals surface area contributed by atoms with E-state index in [1.165, 1.54) is 24.3 Å². The molecule has 2 rings (SSSR count). The van der Waals surface area contributed by atoms with Gasteiger partial charge >= 0.3 is 11.8 Å². The second-order valence-electron chi connectivity index (χ2n) is 4.89. The molecule has 1 aliphatic carbocycles. The molecule has 1 fully saturated rings. The predicted molar refractivity (Wildman–Crippen MR) is 71.4 cm³/mol. The maximum absolute atomic E-state index is 12.7. The summed E-state index contributed by atoms with van der Waals surface area (Å²) in [5.41, 5.74) is 0.343. The number of aliphatic hydroxyl groups excluding tert-OH is 1. The van der Waals surface area contributed by atoms with Gasteiger partial charge in [-0.1, -0.05) is 12.8 Å². The molecule has 0 radical (unpaired) electrons. The Hall–Kier alpha value is -1.95. The van der Waals surface area contributed by atoms with E-state index in [1.54, 1.807) is 0 Å². The molecule has 2 amide bonds. The van der Waals surface area contributed by atoms with Gasteiger partial charge in [0.15, 0.2) is 0 Å². The Labute approximate surface area is 116 Å². The molecule has 108 valence electrons. The molecule has 6 heteroatoms. The molecule has 5 nitrogen and oxygen atoms in total. The highest BCUT2D eigenvalue weighted by molar-refractivity contribution is 6.39. The van der Waals surface area contributed by atoms with E-state index in [0.717, 1.165) is 12.8 Å². The number of hydrogen-bond donors (Lipinski definition) is 3. The SMILES string of the molecule is O=C(Nc1ccc(F)cc1)C(=O)NC1CCCCC1O. The largest absolute Gasteiger partial charge is 0.391 e. The van der Waals surface area contributed by atoms with Crippen LogP contribution in [0.3, 0.4) is 0 Å².